The molecule has 0 spiro atoms. The van der Waals surface area contributed by atoms with E-state index in [1.807, 2.05) is 6.07 Å². The zero-order valence-electron chi connectivity index (χ0n) is 8.17. The van der Waals surface area contributed by atoms with Gasteiger partial charge in [0.1, 0.15) is 11.4 Å². The zero-order chi connectivity index (χ0) is 10.1. The van der Waals surface area contributed by atoms with E-state index in [4.69, 9.17) is 10.5 Å². The molecule has 1 aromatic heterocycles. The minimum Gasteiger partial charge on any atom is -0.462 e. The third-order valence-corrected chi connectivity index (χ3v) is 2.38. The van der Waals surface area contributed by atoms with Crippen LogP contribution in [0.1, 0.15) is 41.7 Å². The first-order valence-electron chi connectivity index (χ1n) is 4.88. The highest BCUT2D eigenvalue weighted by Crippen LogP contribution is 2.40. The SMILES string of the molecule is CCOC(=O)c1cc(C2CC2)[nH]c1N. The van der Waals surface area contributed by atoms with Crippen LogP contribution in [0.3, 0.4) is 0 Å². The first-order valence-corrected chi connectivity index (χ1v) is 4.88. The third-order valence-electron chi connectivity index (χ3n) is 2.38. The van der Waals surface area contributed by atoms with Gasteiger partial charge >= 0.3 is 5.97 Å². The number of esters is 1. The lowest BCUT2D eigenvalue weighted by molar-refractivity contribution is 0.0528. The molecule has 14 heavy (non-hydrogen) atoms. The molecule has 0 atom stereocenters. The minimum absolute atomic E-state index is 0.340. The van der Waals surface area contributed by atoms with Crippen molar-refractivity contribution < 1.29 is 9.53 Å². The van der Waals surface area contributed by atoms with E-state index >= 15 is 0 Å². The van der Waals surface area contributed by atoms with Gasteiger partial charge in [-0.3, -0.25) is 0 Å². The fraction of sp³-hybridized carbons (Fsp3) is 0.500. The molecule has 2 rings (SSSR count). The highest BCUT2D eigenvalue weighted by molar-refractivity contribution is 5.94. The molecule has 0 aliphatic heterocycles. The molecule has 0 unspecified atom stereocenters. The van der Waals surface area contributed by atoms with Crippen molar-refractivity contribution in [3.63, 3.8) is 0 Å². The molecule has 4 heteroatoms. The lowest BCUT2D eigenvalue weighted by Gasteiger charge is -1.98. The number of hydrogen-bond donors (Lipinski definition) is 2. The van der Waals surface area contributed by atoms with Gasteiger partial charge in [0, 0.05) is 5.69 Å². The second-order valence-corrected chi connectivity index (χ2v) is 3.55. The predicted molar refractivity (Wildman–Crippen MR) is 53.1 cm³/mol. The Morgan fingerprint density at radius 2 is 2.43 bits per heavy atom. The molecule has 0 bridgehead atoms. The lowest BCUT2D eigenvalue weighted by Crippen LogP contribution is -2.05. The van der Waals surface area contributed by atoms with Gasteiger partial charge in [0.05, 0.1) is 6.61 Å². The number of carbonyl (C=O) groups excluding carboxylic acids is 1. The fourth-order valence-electron chi connectivity index (χ4n) is 1.48. The van der Waals surface area contributed by atoms with E-state index in [0.717, 1.165) is 5.69 Å². The highest BCUT2D eigenvalue weighted by Gasteiger charge is 2.27. The Morgan fingerprint density at radius 1 is 1.71 bits per heavy atom. The Hall–Kier alpha value is -1.45. The van der Waals surface area contributed by atoms with Crippen molar-refractivity contribution >= 4 is 11.8 Å². The van der Waals surface area contributed by atoms with Crippen molar-refractivity contribution in [1.29, 1.82) is 0 Å². The minimum atomic E-state index is -0.340. The molecular weight excluding hydrogens is 180 g/mol. The Labute approximate surface area is 82.4 Å². The van der Waals surface area contributed by atoms with Crippen LogP contribution >= 0.6 is 0 Å². The molecule has 0 amide bonds. The number of H-pyrrole nitrogens is 1. The highest BCUT2D eigenvalue weighted by atomic mass is 16.5. The molecule has 0 saturated heterocycles. The number of aromatic amines is 1. The monoisotopic (exact) mass is 194 g/mol. The van der Waals surface area contributed by atoms with Crippen molar-refractivity contribution in [2.45, 2.75) is 25.7 Å². The summed E-state index contributed by atoms with van der Waals surface area (Å²) in [6, 6.07) is 1.81. The molecule has 1 aromatic rings. The topological polar surface area (TPSA) is 68.1 Å². The van der Waals surface area contributed by atoms with Crippen LogP contribution in [0, 0.1) is 0 Å². The van der Waals surface area contributed by atoms with Gasteiger partial charge in [-0.25, -0.2) is 4.79 Å². The van der Waals surface area contributed by atoms with Crippen LogP contribution in [0.4, 0.5) is 5.82 Å². The predicted octanol–water partition coefficient (Wildman–Crippen LogP) is 1.65. The number of hydrogen-bond acceptors (Lipinski definition) is 3. The summed E-state index contributed by atoms with van der Waals surface area (Å²) in [5.41, 5.74) is 7.21. The van der Waals surface area contributed by atoms with E-state index in [-0.39, 0.29) is 5.97 Å². The van der Waals surface area contributed by atoms with Crippen molar-refractivity contribution in [1.82, 2.24) is 4.98 Å². The molecular formula is C10H14N2O2. The van der Waals surface area contributed by atoms with E-state index in [0.29, 0.717) is 23.9 Å². The quantitative estimate of drug-likeness (QED) is 0.719. The van der Waals surface area contributed by atoms with Gasteiger partial charge in [-0.05, 0) is 31.7 Å². The third kappa shape index (κ3) is 1.60. The number of nitrogens with two attached hydrogens (primary N) is 1. The van der Waals surface area contributed by atoms with Crippen molar-refractivity contribution in [2.24, 2.45) is 0 Å². The van der Waals surface area contributed by atoms with Crippen LogP contribution in [0.5, 0.6) is 0 Å². The van der Waals surface area contributed by atoms with Gasteiger partial charge in [-0.2, -0.15) is 0 Å². The van der Waals surface area contributed by atoms with Gasteiger partial charge in [0.2, 0.25) is 0 Å². The molecule has 0 radical (unpaired) electrons. The van der Waals surface area contributed by atoms with Gasteiger partial charge in [-0.15, -0.1) is 0 Å². The summed E-state index contributed by atoms with van der Waals surface area (Å²) in [6.45, 7) is 2.16. The van der Waals surface area contributed by atoms with Crippen LogP contribution in [0.2, 0.25) is 0 Å². The normalized spacial score (nSPS) is 15.5. The summed E-state index contributed by atoms with van der Waals surface area (Å²) in [6.07, 6.45) is 2.37. The second-order valence-electron chi connectivity index (χ2n) is 3.55. The molecule has 0 aromatic carbocycles. The van der Waals surface area contributed by atoms with Gasteiger partial charge in [-0.1, -0.05) is 0 Å². The summed E-state index contributed by atoms with van der Waals surface area (Å²) in [4.78, 5) is 14.4. The molecule has 1 aliphatic rings. The van der Waals surface area contributed by atoms with Gasteiger partial charge in [0.15, 0.2) is 0 Å². The smallest absolute Gasteiger partial charge is 0.341 e. The number of aromatic nitrogens is 1. The Bertz CT molecular complexity index is 353. The first kappa shape index (κ1) is 9.12. The standard InChI is InChI=1S/C10H14N2O2/c1-2-14-10(13)7-5-8(6-3-4-6)12-9(7)11/h5-6,12H,2-4,11H2,1H3. The van der Waals surface area contributed by atoms with E-state index in [2.05, 4.69) is 4.98 Å². The van der Waals surface area contributed by atoms with Crippen molar-refractivity contribution in [2.75, 3.05) is 12.3 Å². The zero-order valence-corrected chi connectivity index (χ0v) is 8.17. The van der Waals surface area contributed by atoms with Crippen LogP contribution in [-0.2, 0) is 4.74 Å². The molecule has 1 heterocycles. The Morgan fingerprint density at radius 3 is 3.00 bits per heavy atom. The van der Waals surface area contributed by atoms with Crippen LogP contribution < -0.4 is 5.73 Å². The summed E-state index contributed by atoms with van der Waals surface area (Å²) >= 11 is 0. The first-order chi connectivity index (χ1) is 6.72. The molecule has 1 aliphatic carbocycles. The molecule has 3 N–H and O–H groups in total. The Kier molecular flexibility index (Phi) is 2.19. The number of nitrogen functional groups attached to an aromatic ring is 1. The van der Waals surface area contributed by atoms with Crippen LogP contribution in [-0.4, -0.2) is 17.6 Å². The van der Waals surface area contributed by atoms with E-state index in [1.54, 1.807) is 6.92 Å². The number of nitrogens with one attached hydrogen (secondary N) is 1. The maximum absolute atomic E-state index is 11.4. The largest absolute Gasteiger partial charge is 0.462 e. The number of carbonyl (C=O) groups is 1. The molecule has 4 nitrogen and oxygen atoms in total. The lowest BCUT2D eigenvalue weighted by atomic mass is 10.2. The summed E-state index contributed by atoms with van der Waals surface area (Å²) in [5.74, 6) is 0.652. The van der Waals surface area contributed by atoms with Crippen molar-refractivity contribution in [3.8, 4) is 0 Å². The maximum Gasteiger partial charge on any atom is 0.341 e. The van der Waals surface area contributed by atoms with Gasteiger partial charge in [0.25, 0.3) is 0 Å². The average Bonchev–Trinajstić information content (AvgIpc) is 2.91. The van der Waals surface area contributed by atoms with Crippen LogP contribution in [0.25, 0.3) is 0 Å². The summed E-state index contributed by atoms with van der Waals surface area (Å²) in [5, 5.41) is 0. The molecule has 76 valence electrons. The molecule has 1 saturated carbocycles. The summed E-state index contributed by atoms with van der Waals surface area (Å²) in [7, 11) is 0. The fourth-order valence-corrected chi connectivity index (χ4v) is 1.48. The number of ether oxygens (including phenoxy) is 1. The number of rotatable bonds is 3. The van der Waals surface area contributed by atoms with Gasteiger partial charge < -0.3 is 15.5 Å². The number of anilines is 1. The van der Waals surface area contributed by atoms with E-state index < -0.39 is 0 Å². The average molecular weight is 194 g/mol. The molecule has 1 fully saturated rings. The Balaban J connectivity index is 2.19. The van der Waals surface area contributed by atoms with E-state index in [1.165, 1.54) is 12.8 Å². The maximum atomic E-state index is 11.4. The second kappa shape index (κ2) is 3.36. The van der Waals surface area contributed by atoms with Crippen molar-refractivity contribution in [3.05, 3.63) is 17.3 Å². The van der Waals surface area contributed by atoms with Crippen LogP contribution in [0.15, 0.2) is 6.07 Å². The van der Waals surface area contributed by atoms with E-state index in [9.17, 15) is 4.79 Å². The summed E-state index contributed by atoms with van der Waals surface area (Å²) < 4.78 is 4.88.